The first-order valence-corrected chi connectivity index (χ1v) is 9.92. The smallest absolute Gasteiger partial charge is 0.258 e. The molecule has 1 aromatic carbocycles. The first-order chi connectivity index (χ1) is 13.0. The Balaban J connectivity index is 1.57. The zero-order valence-corrected chi connectivity index (χ0v) is 16.6. The molecule has 1 saturated heterocycles. The number of nitrogens with one attached hydrogen (secondary N) is 2. The molecule has 2 heterocycles. The lowest BCUT2D eigenvalue weighted by molar-refractivity contribution is -0.919. The Morgan fingerprint density at radius 2 is 2.04 bits per heavy atom. The number of carbonyl (C=O) groups is 1. The molecule has 5 heteroatoms. The molecule has 2 N–H and O–H groups in total. The zero-order valence-electron chi connectivity index (χ0n) is 16.6. The maximum atomic E-state index is 12.4. The van der Waals surface area contributed by atoms with Crippen LogP contribution in [-0.4, -0.2) is 32.1 Å². The second kappa shape index (κ2) is 9.09. The SMILES string of the molecule is Cc1ccc(C(C)C)c(OCC(=O)NC[C@@H](c2ccco2)[NH+]2CCCC2)c1. The lowest BCUT2D eigenvalue weighted by atomic mass is 10.0. The molecule has 146 valence electrons. The summed E-state index contributed by atoms with van der Waals surface area (Å²) in [6.45, 7) is 9.13. The van der Waals surface area contributed by atoms with Gasteiger partial charge in [0.15, 0.2) is 18.4 Å². The third kappa shape index (κ3) is 5.13. The maximum absolute atomic E-state index is 12.4. The Hall–Kier alpha value is -2.27. The Bertz CT molecular complexity index is 734. The molecule has 0 unspecified atom stereocenters. The summed E-state index contributed by atoms with van der Waals surface area (Å²) in [4.78, 5) is 13.9. The summed E-state index contributed by atoms with van der Waals surface area (Å²) in [5, 5.41) is 3.04. The van der Waals surface area contributed by atoms with Crippen molar-refractivity contribution in [2.45, 2.75) is 45.6 Å². The van der Waals surface area contributed by atoms with Crippen molar-refractivity contribution in [2.75, 3.05) is 26.2 Å². The average molecular weight is 372 g/mol. The van der Waals surface area contributed by atoms with Crippen LogP contribution < -0.4 is 15.0 Å². The number of amides is 1. The molecule has 1 aliphatic heterocycles. The van der Waals surface area contributed by atoms with Gasteiger partial charge >= 0.3 is 0 Å². The van der Waals surface area contributed by atoms with E-state index in [9.17, 15) is 4.79 Å². The van der Waals surface area contributed by atoms with Gasteiger partial charge in [0.25, 0.3) is 5.91 Å². The van der Waals surface area contributed by atoms with Gasteiger partial charge in [-0.15, -0.1) is 0 Å². The van der Waals surface area contributed by atoms with Crippen LogP contribution in [0.25, 0.3) is 0 Å². The third-order valence-corrected chi connectivity index (χ3v) is 5.28. The predicted octanol–water partition coefficient (Wildman–Crippen LogP) is 2.63. The van der Waals surface area contributed by atoms with E-state index in [1.807, 2.05) is 25.1 Å². The first kappa shape index (κ1) is 19.5. The standard InChI is InChI=1S/C22H30N2O3/c1-16(2)18-9-8-17(3)13-21(18)27-15-22(25)23-14-19(20-7-6-12-26-20)24-10-4-5-11-24/h6-9,12-13,16,19H,4-5,10-11,14-15H2,1-3H3,(H,23,25)/p+1/t19-/m0/s1. The summed E-state index contributed by atoms with van der Waals surface area (Å²) in [6.07, 6.45) is 4.16. The lowest BCUT2D eigenvalue weighted by Crippen LogP contribution is -3.11. The van der Waals surface area contributed by atoms with Gasteiger partial charge in [0.1, 0.15) is 5.75 Å². The molecule has 0 aliphatic carbocycles. The number of rotatable bonds is 8. The topological polar surface area (TPSA) is 55.9 Å². The van der Waals surface area contributed by atoms with Gasteiger partial charge in [0.05, 0.1) is 25.9 Å². The van der Waals surface area contributed by atoms with Crippen molar-refractivity contribution >= 4 is 5.91 Å². The molecular formula is C22H31N2O3+. The Morgan fingerprint density at radius 3 is 2.70 bits per heavy atom. The minimum absolute atomic E-state index is 0.0311. The number of ether oxygens (including phenoxy) is 1. The average Bonchev–Trinajstić information content (AvgIpc) is 3.34. The predicted molar refractivity (Wildman–Crippen MR) is 105 cm³/mol. The van der Waals surface area contributed by atoms with Crippen LogP contribution in [0, 0.1) is 6.92 Å². The van der Waals surface area contributed by atoms with Crippen molar-refractivity contribution in [3.63, 3.8) is 0 Å². The van der Waals surface area contributed by atoms with E-state index in [2.05, 4.69) is 31.3 Å². The van der Waals surface area contributed by atoms with Crippen LogP contribution in [0.2, 0.25) is 0 Å². The highest BCUT2D eigenvalue weighted by Gasteiger charge is 2.29. The molecule has 27 heavy (non-hydrogen) atoms. The highest BCUT2D eigenvalue weighted by molar-refractivity contribution is 5.77. The second-order valence-corrected chi connectivity index (χ2v) is 7.72. The van der Waals surface area contributed by atoms with Crippen molar-refractivity contribution in [3.8, 4) is 5.75 Å². The zero-order chi connectivity index (χ0) is 19.2. The number of furan rings is 1. The fourth-order valence-electron chi connectivity index (χ4n) is 3.77. The van der Waals surface area contributed by atoms with E-state index in [0.29, 0.717) is 12.5 Å². The van der Waals surface area contributed by atoms with Crippen molar-refractivity contribution < 1.29 is 18.8 Å². The minimum Gasteiger partial charge on any atom is -0.483 e. The van der Waals surface area contributed by atoms with Crippen LogP contribution in [0.4, 0.5) is 0 Å². The summed E-state index contributed by atoms with van der Waals surface area (Å²) in [7, 11) is 0. The summed E-state index contributed by atoms with van der Waals surface area (Å²) in [6, 6.07) is 10.2. The number of aryl methyl sites for hydroxylation is 1. The minimum atomic E-state index is -0.0960. The quantitative estimate of drug-likeness (QED) is 0.750. The molecule has 5 nitrogen and oxygen atoms in total. The summed E-state index contributed by atoms with van der Waals surface area (Å²) in [5.41, 5.74) is 2.26. The van der Waals surface area contributed by atoms with Gasteiger partial charge in [-0.2, -0.15) is 0 Å². The molecule has 1 fully saturated rings. The van der Waals surface area contributed by atoms with Gasteiger partial charge in [0.2, 0.25) is 0 Å². The fraction of sp³-hybridized carbons (Fsp3) is 0.500. The van der Waals surface area contributed by atoms with Gasteiger partial charge in [0, 0.05) is 12.8 Å². The molecule has 1 amide bonds. The fourth-order valence-corrected chi connectivity index (χ4v) is 3.77. The van der Waals surface area contributed by atoms with Gasteiger partial charge < -0.3 is 19.4 Å². The largest absolute Gasteiger partial charge is 0.483 e. The van der Waals surface area contributed by atoms with E-state index in [-0.39, 0.29) is 18.6 Å². The highest BCUT2D eigenvalue weighted by atomic mass is 16.5. The number of benzene rings is 1. The van der Waals surface area contributed by atoms with E-state index < -0.39 is 0 Å². The number of likely N-dealkylation sites (tertiary alicyclic amines) is 1. The third-order valence-electron chi connectivity index (χ3n) is 5.28. The molecular weight excluding hydrogens is 340 g/mol. The molecule has 0 spiro atoms. The highest BCUT2D eigenvalue weighted by Crippen LogP contribution is 2.27. The number of carbonyl (C=O) groups excluding carboxylic acids is 1. The molecule has 1 aliphatic rings. The number of hydrogen-bond acceptors (Lipinski definition) is 3. The molecule has 3 rings (SSSR count). The van der Waals surface area contributed by atoms with Gasteiger partial charge in [-0.3, -0.25) is 4.79 Å². The molecule has 2 aromatic rings. The molecule has 0 radical (unpaired) electrons. The van der Waals surface area contributed by atoms with Crippen molar-refractivity contribution in [2.24, 2.45) is 0 Å². The van der Waals surface area contributed by atoms with E-state index in [1.54, 1.807) is 6.26 Å². The second-order valence-electron chi connectivity index (χ2n) is 7.72. The molecule has 1 atom stereocenters. The summed E-state index contributed by atoms with van der Waals surface area (Å²) >= 11 is 0. The number of hydrogen-bond donors (Lipinski definition) is 2. The Morgan fingerprint density at radius 1 is 1.26 bits per heavy atom. The molecule has 1 aromatic heterocycles. The van der Waals surface area contributed by atoms with E-state index in [1.165, 1.54) is 17.7 Å². The van der Waals surface area contributed by atoms with Crippen molar-refractivity contribution in [3.05, 3.63) is 53.5 Å². The van der Waals surface area contributed by atoms with E-state index in [0.717, 1.165) is 35.7 Å². The normalized spacial score (nSPS) is 15.9. The van der Waals surface area contributed by atoms with Gasteiger partial charge in [-0.1, -0.05) is 26.0 Å². The summed E-state index contributed by atoms with van der Waals surface area (Å²) < 4.78 is 11.5. The summed E-state index contributed by atoms with van der Waals surface area (Å²) in [5.74, 6) is 1.99. The maximum Gasteiger partial charge on any atom is 0.258 e. The van der Waals surface area contributed by atoms with Crippen LogP contribution in [0.5, 0.6) is 5.75 Å². The van der Waals surface area contributed by atoms with Gasteiger partial charge in [-0.05, 0) is 42.2 Å². The van der Waals surface area contributed by atoms with Crippen LogP contribution in [0.1, 0.15) is 55.5 Å². The number of quaternary nitrogens is 1. The van der Waals surface area contributed by atoms with Crippen molar-refractivity contribution in [1.82, 2.24) is 5.32 Å². The van der Waals surface area contributed by atoms with Crippen LogP contribution in [0.3, 0.4) is 0 Å². The van der Waals surface area contributed by atoms with Gasteiger partial charge in [-0.25, -0.2) is 0 Å². The van der Waals surface area contributed by atoms with E-state index >= 15 is 0 Å². The molecule has 0 bridgehead atoms. The van der Waals surface area contributed by atoms with E-state index in [4.69, 9.17) is 9.15 Å². The first-order valence-electron chi connectivity index (χ1n) is 9.92. The Labute approximate surface area is 161 Å². The van der Waals surface area contributed by atoms with Crippen LogP contribution in [-0.2, 0) is 4.79 Å². The lowest BCUT2D eigenvalue weighted by Gasteiger charge is -2.23. The monoisotopic (exact) mass is 371 g/mol. The Kier molecular flexibility index (Phi) is 6.56. The van der Waals surface area contributed by atoms with Crippen LogP contribution in [0.15, 0.2) is 41.0 Å². The van der Waals surface area contributed by atoms with Crippen LogP contribution >= 0.6 is 0 Å². The molecule has 0 saturated carbocycles. The van der Waals surface area contributed by atoms with Crippen molar-refractivity contribution in [1.29, 1.82) is 0 Å².